The summed E-state index contributed by atoms with van der Waals surface area (Å²) in [5, 5.41) is 0. The quantitative estimate of drug-likeness (QED) is 0.652. The average Bonchev–Trinajstić information content (AvgIpc) is 2.16. The second-order valence-corrected chi connectivity index (χ2v) is 2.31. The van der Waals surface area contributed by atoms with Gasteiger partial charge < -0.3 is 0 Å². The summed E-state index contributed by atoms with van der Waals surface area (Å²) >= 11 is 0. The van der Waals surface area contributed by atoms with Gasteiger partial charge >= 0.3 is 72.7 Å². The van der Waals surface area contributed by atoms with Gasteiger partial charge in [-0.2, -0.15) is 0 Å². The molecule has 58 valence electrons. The van der Waals surface area contributed by atoms with Gasteiger partial charge in [-0.3, -0.25) is 0 Å². The van der Waals surface area contributed by atoms with Gasteiger partial charge in [-0.1, -0.05) is 0 Å². The van der Waals surface area contributed by atoms with Gasteiger partial charge in [0, 0.05) is 0 Å². The van der Waals surface area contributed by atoms with Crippen LogP contribution < -0.4 is 0 Å². The maximum atomic E-state index is 4.14. The Labute approximate surface area is 73.4 Å². The summed E-state index contributed by atoms with van der Waals surface area (Å²) in [6, 6.07) is 0. The van der Waals surface area contributed by atoms with Gasteiger partial charge in [0.15, 0.2) is 0 Å². The molecule has 1 aromatic heterocycles. The summed E-state index contributed by atoms with van der Waals surface area (Å²) in [5.41, 5.74) is 2.87. The van der Waals surface area contributed by atoms with E-state index in [1.807, 2.05) is 5.96 Å². The molecule has 0 N–H and O–H groups in total. The Balaban J connectivity index is 3.40. The van der Waals surface area contributed by atoms with E-state index in [1.165, 1.54) is 0 Å². The predicted octanol–water partition coefficient (Wildman–Crippen LogP) is 2.35. The zero-order valence-electron chi connectivity index (χ0n) is 6.96. The first-order chi connectivity index (χ1) is 5.83. The molecule has 1 heterocycles. The standard InChI is InChI=1S/C10H10BN/c1-4-8-7-11-12-10(6-3)9(8)5-2/h4-7H,1-3H2. The molecule has 0 saturated carbocycles. The van der Waals surface area contributed by atoms with Crippen LogP contribution in [0.15, 0.2) is 25.7 Å². The zero-order chi connectivity index (χ0) is 8.97. The van der Waals surface area contributed by atoms with Crippen molar-refractivity contribution in [2.24, 2.45) is 0 Å². The predicted molar refractivity (Wildman–Crippen MR) is 55.9 cm³/mol. The normalized spacial score (nSPS) is 8.67. The van der Waals surface area contributed by atoms with Crippen LogP contribution in [-0.2, 0) is 0 Å². The van der Waals surface area contributed by atoms with Crippen molar-refractivity contribution in [1.29, 1.82) is 0 Å². The van der Waals surface area contributed by atoms with E-state index >= 15 is 0 Å². The molecule has 12 heavy (non-hydrogen) atoms. The molecule has 0 amide bonds. The van der Waals surface area contributed by atoms with Gasteiger partial charge in [0.25, 0.3) is 0 Å². The van der Waals surface area contributed by atoms with Crippen LogP contribution in [0.3, 0.4) is 0 Å². The van der Waals surface area contributed by atoms with Crippen LogP contribution in [0.2, 0.25) is 0 Å². The molecule has 1 aromatic rings. The second-order valence-electron chi connectivity index (χ2n) is 2.31. The van der Waals surface area contributed by atoms with Crippen LogP contribution in [0.25, 0.3) is 18.2 Å². The van der Waals surface area contributed by atoms with Crippen molar-refractivity contribution in [3.05, 3.63) is 42.5 Å². The summed E-state index contributed by atoms with van der Waals surface area (Å²) < 4.78 is 0. The topological polar surface area (TPSA) is 12.9 Å². The first-order valence-corrected chi connectivity index (χ1v) is 3.69. The minimum absolute atomic E-state index is 0.849. The molecule has 0 aliphatic heterocycles. The fourth-order valence-electron chi connectivity index (χ4n) is 1.07. The third-order valence-electron chi connectivity index (χ3n) is 1.67. The SMILES string of the molecule is C=Cc1cbnc(C=C)c1C=C. The monoisotopic (exact) mass is 155 g/mol. The zero-order valence-corrected chi connectivity index (χ0v) is 6.96. The van der Waals surface area contributed by atoms with Gasteiger partial charge in [-0.15, -0.1) is 0 Å². The second kappa shape index (κ2) is 3.81. The van der Waals surface area contributed by atoms with Crippen molar-refractivity contribution in [1.82, 2.24) is 4.89 Å². The molecule has 0 spiro atoms. The van der Waals surface area contributed by atoms with E-state index in [4.69, 9.17) is 0 Å². The fourth-order valence-corrected chi connectivity index (χ4v) is 1.07. The molecule has 0 saturated heterocycles. The Morgan fingerprint density at radius 1 is 1.17 bits per heavy atom. The first kappa shape index (κ1) is 8.66. The van der Waals surface area contributed by atoms with Crippen molar-refractivity contribution < 1.29 is 0 Å². The number of nitrogens with zero attached hydrogens (tertiary/aromatic N) is 1. The van der Waals surface area contributed by atoms with Crippen LogP contribution in [0, 0.1) is 0 Å². The number of aromatic nitrogens is 1. The maximum absolute atomic E-state index is 4.14. The molecule has 0 unspecified atom stereocenters. The van der Waals surface area contributed by atoms with Crippen LogP contribution in [0.5, 0.6) is 0 Å². The Bertz CT molecular complexity index is 302. The molecule has 0 aliphatic carbocycles. The Morgan fingerprint density at radius 2 is 1.92 bits per heavy atom. The van der Waals surface area contributed by atoms with Gasteiger partial charge in [-0.05, 0) is 0 Å². The molecule has 1 rings (SSSR count). The molecule has 0 radical (unpaired) electrons. The summed E-state index contributed by atoms with van der Waals surface area (Å²) in [6.45, 7) is 11.1. The molecule has 0 bridgehead atoms. The van der Waals surface area contributed by atoms with Crippen LogP contribution in [0.4, 0.5) is 0 Å². The van der Waals surface area contributed by atoms with Crippen LogP contribution >= 0.6 is 0 Å². The van der Waals surface area contributed by atoms with Crippen molar-refractivity contribution in [3.63, 3.8) is 0 Å². The Kier molecular flexibility index (Phi) is 2.75. The van der Waals surface area contributed by atoms with Crippen molar-refractivity contribution in [2.45, 2.75) is 0 Å². The van der Waals surface area contributed by atoms with Gasteiger partial charge in [0.1, 0.15) is 0 Å². The van der Waals surface area contributed by atoms with Crippen molar-refractivity contribution in [3.8, 4) is 0 Å². The molecule has 2 heteroatoms. The van der Waals surface area contributed by atoms with Crippen molar-refractivity contribution >= 4 is 25.3 Å². The van der Waals surface area contributed by atoms with Crippen molar-refractivity contribution in [2.75, 3.05) is 0 Å². The summed E-state index contributed by atoms with van der Waals surface area (Å²) in [5.74, 6) is 1.90. The number of rotatable bonds is 3. The molecule has 0 atom stereocenters. The fraction of sp³-hybridized carbons (Fsp3) is 0. The third-order valence-corrected chi connectivity index (χ3v) is 1.67. The Hall–Kier alpha value is -1.44. The summed E-state index contributed by atoms with van der Waals surface area (Å²) in [4.78, 5) is 4.14. The van der Waals surface area contributed by atoms with E-state index in [1.54, 1.807) is 25.3 Å². The van der Waals surface area contributed by atoms with E-state index in [0.717, 1.165) is 16.8 Å². The van der Waals surface area contributed by atoms with E-state index in [2.05, 4.69) is 24.6 Å². The van der Waals surface area contributed by atoms with Crippen LogP contribution in [0.1, 0.15) is 16.8 Å². The summed E-state index contributed by atoms with van der Waals surface area (Å²) in [6.07, 6.45) is 5.26. The van der Waals surface area contributed by atoms with E-state index < -0.39 is 0 Å². The first-order valence-electron chi connectivity index (χ1n) is 3.69. The molecular formula is C10H10BN. The minimum atomic E-state index is 0.849. The molecular weight excluding hydrogens is 145 g/mol. The van der Waals surface area contributed by atoms with Gasteiger partial charge in [-0.25, -0.2) is 0 Å². The summed E-state index contributed by atoms with van der Waals surface area (Å²) in [7, 11) is 1.74. The van der Waals surface area contributed by atoms with Crippen LogP contribution in [-0.4, -0.2) is 11.9 Å². The van der Waals surface area contributed by atoms with Gasteiger partial charge in [0.05, 0.1) is 0 Å². The van der Waals surface area contributed by atoms with Gasteiger partial charge in [0.2, 0.25) is 0 Å². The number of hydrogen-bond acceptors (Lipinski definition) is 1. The van der Waals surface area contributed by atoms with E-state index in [9.17, 15) is 0 Å². The molecule has 0 aromatic carbocycles. The number of hydrogen-bond donors (Lipinski definition) is 0. The molecule has 0 fully saturated rings. The van der Waals surface area contributed by atoms with E-state index in [-0.39, 0.29) is 0 Å². The molecule has 0 aliphatic rings. The average molecular weight is 155 g/mol. The van der Waals surface area contributed by atoms with E-state index in [0.29, 0.717) is 0 Å². The molecule has 1 nitrogen and oxygen atoms in total. The third kappa shape index (κ3) is 1.42. The Morgan fingerprint density at radius 3 is 2.42 bits per heavy atom.